The van der Waals surface area contributed by atoms with Gasteiger partial charge in [0.05, 0.1) is 6.04 Å². The van der Waals surface area contributed by atoms with Gasteiger partial charge in [-0.25, -0.2) is 0 Å². The molecule has 2 rings (SSSR count). The lowest BCUT2D eigenvalue weighted by Gasteiger charge is -2.37. The lowest BCUT2D eigenvalue weighted by atomic mass is 9.95. The predicted molar refractivity (Wildman–Crippen MR) is 105 cm³/mol. The first-order valence-corrected chi connectivity index (χ1v) is 9.47. The quantitative estimate of drug-likeness (QED) is 0.432. The number of benzene rings is 1. The van der Waals surface area contributed by atoms with Crippen LogP contribution in [0.5, 0.6) is 0 Å². The minimum atomic E-state index is 0.381. The van der Waals surface area contributed by atoms with Crippen LogP contribution in [0.3, 0.4) is 0 Å². The molecule has 0 amide bonds. The molecule has 1 aliphatic rings. The fourth-order valence-electron chi connectivity index (χ4n) is 3.31. The van der Waals surface area contributed by atoms with Crippen LogP contribution in [-0.4, -0.2) is 57.8 Å². The van der Waals surface area contributed by atoms with Gasteiger partial charge in [0.15, 0.2) is 5.96 Å². The van der Waals surface area contributed by atoms with Crippen LogP contribution in [0.1, 0.15) is 37.8 Å². The molecule has 1 atom stereocenters. The molecule has 1 unspecified atom stereocenters. The highest BCUT2D eigenvalue weighted by Gasteiger charge is 2.24. The Morgan fingerprint density at radius 3 is 2.60 bits per heavy atom. The van der Waals surface area contributed by atoms with Crippen molar-refractivity contribution >= 4 is 5.96 Å². The molecule has 0 saturated carbocycles. The monoisotopic (exact) mass is 346 g/mol. The Kier molecular flexibility index (Phi) is 8.77. The van der Waals surface area contributed by atoms with Gasteiger partial charge in [-0.15, -0.1) is 0 Å². The molecule has 0 aromatic heterocycles. The van der Waals surface area contributed by atoms with Crippen LogP contribution in [0, 0.1) is 5.92 Å². The number of guanidine groups is 1. The van der Waals surface area contributed by atoms with Crippen molar-refractivity contribution in [2.45, 2.75) is 32.2 Å². The van der Waals surface area contributed by atoms with Gasteiger partial charge < -0.3 is 15.4 Å². The summed E-state index contributed by atoms with van der Waals surface area (Å²) < 4.78 is 5.09. The van der Waals surface area contributed by atoms with E-state index in [1.165, 1.54) is 31.5 Å². The first-order chi connectivity index (χ1) is 12.2. The largest absolute Gasteiger partial charge is 0.385 e. The van der Waals surface area contributed by atoms with Crippen molar-refractivity contribution in [2.24, 2.45) is 10.9 Å². The molecule has 1 aliphatic heterocycles. The summed E-state index contributed by atoms with van der Waals surface area (Å²) in [4.78, 5) is 6.96. The zero-order valence-corrected chi connectivity index (χ0v) is 16.0. The zero-order chi connectivity index (χ0) is 17.9. The summed E-state index contributed by atoms with van der Waals surface area (Å²) in [6.07, 6.45) is 3.55. The second-order valence-corrected chi connectivity index (χ2v) is 6.87. The molecule has 1 saturated heterocycles. The summed E-state index contributed by atoms with van der Waals surface area (Å²) in [5.74, 6) is 1.71. The Labute approximate surface area is 152 Å². The molecule has 5 nitrogen and oxygen atoms in total. The van der Waals surface area contributed by atoms with Gasteiger partial charge in [0.2, 0.25) is 0 Å². The molecular formula is C20H34N4O. The Balaban J connectivity index is 1.94. The van der Waals surface area contributed by atoms with Crippen LogP contribution in [0.25, 0.3) is 0 Å². The van der Waals surface area contributed by atoms with Crippen molar-refractivity contribution in [3.63, 3.8) is 0 Å². The lowest BCUT2D eigenvalue weighted by molar-refractivity contribution is 0.138. The number of nitrogens with zero attached hydrogens (tertiary/aromatic N) is 2. The average molecular weight is 347 g/mol. The van der Waals surface area contributed by atoms with Crippen molar-refractivity contribution in [3.05, 3.63) is 35.9 Å². The maximum Gasteiger partial charge on any atom is 0.191 e. The summed E-state index contributed by atoms with van der Waals surface area (Å²) in [6, 6.07) is 11.2. The van der Waals surface area contributed by atoms with Crippen LogP contribution in [0.2, 0.25) is 0 Å². The van der Waals surface area contributed by atoms with Crippen LogP contribution >= 0.6 is 0 Å². The molecule has 0 radical (unpaired) electrons. The number of rotatable bonds is 8. The van der Waals surface area contributed by atoms with E-state index in [1.54, 1.807) is 7.11 Å². The van der Waals surface area contributed by atoms with Crippen molar-refractivity contribution in [3.8, 4) is 0 Å². The topological polar surface area (TPSA) is 48.9 Å². The SMILES string of the molecule is CN=C(NCCCOC)NCC(c1ccccc1)N1CCC(C)CC1. The zero-order valence-electron chi connectivity index (χ0n) is 16.0. The fraction of sp³-hybridized carbons (Fsp3) is 0.650. The van der Waals surface area contributed by atoms with Crippen LogP contribution in [-0.2, 0) is 4.74 Å². The van der Waals surface area contributed by atoms with E-state index >= 15 is 0 Å². The van der Waals surface area contributed by atoms with Crippen molar-refractivity contribution < 1.29 is 4.74 Å². The molecular weight excluding hydrogens is 312 g/mol. The number of methoxy groups -OCH3 is 1. The van der Waals surface area contributed by atoms with Crippen molar-refractivity contribution in [1.29, 1.82) is 0 Å². The number of piperidine rings is 1. The minimum absolute atomic E-state index is 0.381. The van der Waals surface area contributed by atoms with Gasteiger partial charge in [0, 0.05) is 33.9 Å². The van der Waals surface area contributed by atoms with Crippen LogP contribution in [0.4, 0.5) is 0 Å². The van der Waals surface area contributed by atoms with Gasteiger partial charge in [-0.05, 0) is 43.8 Å². The van der Waals surface area contributed by atoms with Crippen LogP contribution in [0.15, 0.2) is 35.3 Å². The summed E-state index contributed by atoms with van der Waals surface area (Å²) in [5.41, 5.74) is 1.37. The number of ether oxygens (including phenoxy) is 1. The van der Waals surface area contributed by atoms with Crippen molar-refractivity contribution in [2.75, 3.05) is 46.9 Å². The van der Waals surface area contributed by atoms with Crippen LogP contribution < -0.4 is 10.6 Å². The van der Waals surface area contributed by atoms with Gasteiger partial charge in [-0.3, -0.25) is 9.89 Å². The number of hydrogen-bond acceptors (Lipinski definition) is 3. The maximum atomic E-state index is 5.09. The number of hydrogen-bond donors (Lipinski definition) is 2. The van der Waals surface area contributed by atoms with E-state index in [0.717, 1.165) is 38.0 Å². The van der Waals surface area contributed by atoms with Gasteiger partial charge in [0.1, 0.15) is 0 Å². The van der Waals surface area contributed by atoms with E-state index < -0.39 is 0 Å². The molecule has 5 heteroatoms. The summed E-state index contributed by atoms with van der Waals surface area (Å²) >= 11 is 0. The van der Waals surface area contributed by atoms with E-state index in [2.05, 4.69) is 57.8 Å². The van der Waals surface area contributed by atoms with E-state index in [9.17, 15) is 0 Å². The highest BCUT2D eigenvalue weighted by Crippen LogP contribution is 2.26. The molecule has 1 fully saturated rings. The molecule has 1 aromatic carbocycles. The molecule has 1 heterocycles. The molecule has 140 valence electrons. The summed E-state index contributed by atoms with van der Waals surface area (Å²) in [7, 11) is 3.56. The third-order valence-corrected chi connectivity index (χ3v) is 4.95. The molecule has 2 N–H and O–H groups in total. The smallest absolute Gasteiger partial charge is 0.191 e. The van der Waals surface area contributed by atoms with Gasteiger partial charge in [-0.2, -0.15) is 0 Å². The molecule has 0 aliphatic carbocycles. The van der Waals surface area contributed by atoms with E-state index in [4.69, 9.17) is 4.74 Å². The third kappa shape index (κ3) is 6.67. The van der Waals surface area contributed by atoms with Crippen molar-refractivity contribution in [1.82, 2.24) is 15.5 Å². The maximum absolute atomic E-state index is 5.09. The standard InChI is InChI=1S/C20H34N4O/c1-17-10-13-24(14-11-17)19(18-8-5-4-6-9-18)16-23-20(21-2)22-12-7-15-25-3/h4-6,8-9,17,19H,7,10-16H2,1-3H3,(H2,21,22,23). The number of likely N-dealkylation sites (tertiary alicyclic amines) is 1. The van der Waals surface area contributed by atoms with Gasteiger partial charge in [0.25, 0.3) is 0 Å². The molecule has 0 spiro atoms. The lowest BCUT2D eigenvalue weighted by Crippen LogP contribution is -2.45. The second kappa shape index (κ2) is 11.1. The molecule has 0 bridgehead atoms. The summed E-state index contributed by atoms with van der Waals surface area (Å²) in [5, 5.41) is 6.87. The minimum Gasteiger partial charge on any atom is -0.385 e. The Bertz CT molecular complexity index is 498. The third-order valence-electron chi connectivity index (χ3n) is 4.95. The Hall–Kier alpha value is -1.59. The second-order valence-electron chi connectivity index (χ2n) is 6.87. The summed E-state index contributed by atoms with van der Waals surface area (Å²) in [6.45, 7) is 7.19. The number of aliphatic imine (C=N–C) groups is 1. The first-order valence-electron chi connectivity index (χ1n) is 9.47. The highest BCUT2D eigenvalue weighted by atomic mass is 16.5. The first kappa shape index (κ1) is 19.7. The fourth-order valence-corrected chi connectivity index (χ4v) is 3.31. The highest BCUT2D eigenvalue weighted by molar-refractivity contribution is 5.79. The normalized spacial score (nSPS) is 18.1. The Morgan fingerprint density at radius 1 is 1.24 bits per heavy atom. The molecule has 25 heavy (non-hydrogen) atoms. The molecule has 1 aromatic rings. The Morgan fingerprint density at radius 2 is 1.96 bits per heavy atom. The van der Waals surface area contributed by atoms with E-state index in [0.29, 0.717) is 6.04 Å². The van der Waals surface area contributed by atoms with E-state index in [1.807, 2.05) is 7.05 Å². The van der Waals surface area contributed by atoms with Gasteiger partial charge in [-0.1, -0.05) is 37.3 Å². The van der Waals surface area contributed by atoms with Gasteiger partial charge >= 0.3 is 0 Å². The number of nitrogens with one attached hydrogen (secondary N) is 2. The van der Waals surface area contributed by atoms with E-state index in [-0.39, 0.29) is 0 Å². The average Bonchev–Trinajstić information content (AvgIpc) is 2.66. The predicted octanol–water partition coefficient (Wildman–Crippen LogP) is 2.66.